The van der Waals surface area contributed by atoms with E-state index in [1.54, 1.807) is 18.0 Å². The maximum absolute atomic E-state index is 12.1. The number of rotatable bonds is 7. The summed E-state index contributed by atoms with van der Waals surface area (Å²) in [6, 6.07) is 11.3. The van der Waals surface area contributed by atoms with Crippen LogP contribution in [-0.2, 0) is 4.79 Å². The lowest BCUT2D eigenvalue weighted by Gasteiger charge is -2.23. The Labute approximate surface area is 124 Å². The summed E-state index contributed by atoms with van der Waals surface area (Å²) in [5.74, 6) is 0.899. The van der Waals surface area contributed by atoms with Crippen LogP contribution in [0.3, 0.4) is 0 Å². The third kappa shape index (κ3) is 4.34. The quantitative estimate of drug-likeness (QED) is 0.735. The van der Waals surface area contributed by atoms with Gasteiger partial charge >= 0.3 is 0 Å². The van der Waals surface area contributed by atoms with Crippen molar-refractivity contribution in [1.82, 2.24) is 10.1 Å². The molecule has 5 nitrogen and oxygen atoms in total. The number of amides is 1. The Balaban J connectivity index is 1.72. The molecule has 0 N–H and O–H groups in total. The lowest BCUT2D eigenvalue weighted by atomic mass is 10.2. The number of hydrogen-bond acceptors (Lipinski definition) is 4. The van der Waals surface area contributed by atoms with Crippen LogP contribution in [0.1, 0.15) is 31.5 Å². The number of para-hydroxylation sites is 1. The van der Waals surface area contributed by atoms with E-state index in [0.717, 1.165) is 11.4 Å². The fourth-order valence-electron chi connectivity index (χ4n) is 1.96. The van der Waals surface area contributed by atoms with Crippen LogP contribution in [-0.4, -0.2) is 29.6 Å². The first-order chi connectivity index (χ1) is 10.2. The van der Waals surface area contributed by atoms with Gasteiger partial charge in [-0.05, 0) is 25.5 Å². The molecule has 1 amide bonds. The van der Waals surface area contributed by atoms with Crippen molar-refractivity contribution in [3.63, 3.8) is 0 Å². The van der Waals surface area contributed by atoms with E-state index >= 15 is 0 Å². The number of nitrogens with zero attached hydrogens (tertiary/aromatic N) is 2. The zero-order valence-corrected chi connectivity index (χ0v) is 12.4. The normalized spacial score (nSPS) is 11.9. The molecule has 0 spiro atoms. The molecule has 1 heterocycles. The van der Waals surface area contributed by atoms with E-state index in [-0.39, 0.29) is 11.9 Å². The minimum absolute atomic E-state index is 0.0714. The number of ether oxygens (including phenoxy) is 1. The minimum atomic E-state index is -0.0914. The van der Waals surface area contributed by atoms with Crippen molar-refractivity contribution in [3.05, 3.63) is 48.4 Å². The molecule has 0 bridgehead atoms. The predicted molar refractivity (Wildman–Crippen MR) is 78.9 cm³/mol. The number of carbonyl (C=O) groups is 1. The Bertz CT molecular complexity index is 540. The van der Waals surface area contributed by atoms with Crippen LogP contribution in [0.2, 0.25) is 0 Å². The van der Waals surface area contributed by atoms with E-state index in [9.17, 15) is 4.79 Å². The van der Waals surface area contributed by atoms with E-state index in [2.05, 4.69) is 5.16 Å². The van der Waals surface area contributed by atoms with Crippen molar-refractivity contribution in [3.8, 4) is 5.75 Å². The van der Waals surface area contributed by atoms with Gasteiger partial charge in [-0.25, -0.2) is 0 Å². The first-order valence-corrected chi connectivity index (χ1v) is 7.02. The van der Waals surface area contributed by atoms with Gasteiger partial charge in [0, 0.05) is 19.5 Å². The smallest absolute Gasteiger partial charge is 0.222 e. The molecule has 21 heavy (non-hydrogen) atoms. The van der Waals surface area contributed by atoms with Gasteiger partial charge in [-0.1, -0.05) is 23.4 Å². The molecule has 2 aromatic rings. The average molecular weight is 288 g/mol. The zero-order valence-electron chi connectivity index (χ0n) is 12.4. The Kier molecular flexibility index (Phi) is 5.37. The highest BCUT2D eigenvalue weighted by atomic mass is 16.5. The molecule has 0 unspecified atom stereocenters. The van der Waals surface area contributed by atoms with E-state index in [1.807, 2.05) is 37.3 Å². The molecule has 1 atom stereocenters. The molecule has 0 aliphatic carbocycles. The zero-order chi connectivity index (χ0) is 15.1. The summed E-state index contributed by atoms with van der Waals surface area (Å²) in [5, 5.41) is 3.86. The predicted octanol–water partition coefficient (Wildman–Crippen LogP) is 3.05. The van der Waals surface area contributed by atoms with Crippen molar-refractivity contribution in [2.24, 2.45) is 0 Å². The molecular weight excluding hydrogens is 268 g/mol. The average Bonchev–Trinajstić information content (AvgIpc) is 3.05. The van der Waals surface area contributed by atoms with E-state index in [4.69, 9.17) is 9.26 Å². The number of hydrogen-bond donors (Lipinski definition) is 0. The third-order valence-corrected chi connectivity index (χ3v) is 3.41. The van der Waals surface area contributed by atoms with Gasteiger partial charge in [0.05, 0.1) is 12.6 Å². The molecule has 0 saturated carbocycles. The lowest BCUT2D eigenvalue weighted by molar-refractivity contribution is -0.132. The molecule has 2 rings (SSSR count). The Morgan fingerprint density at radius 2 is 2.10 bits per heavy atom. The highest BCUT2D eigenvalue weighted by molar-refractivity contribution is 5.76. The van der Waals surface area contributed by atoms with Gasteiger partial charge in [-0.3, -0.25) is 4.79 Å². The fraction of sp³-hybridized carbons (Fsp3) is 0.375. The summed E-state index contributed by atoms with van der Waals surface area (Å²) in [4.78, 5) is 13.8. The fourth-order valence-corrected chi connectivity index (χ4v) is 1.96. The second kappa shape index (κ2) is 7.47. The summed E-state index contributed by atoms with van der Waals surface area (Å²) in [6.07, 6.45) is 2.65. The first-order valence-electron chi connectivity index (χ1n) is 7.02. The van der Waals surface area contributed by atoms with Crippen LogP contribution < -0.4 is 4.74 Å². The van der Waals surface area contributed by atoms with E-state index < -0.39 is 0 Å². The van der Waals surface area contributed by atoms with Crippen LogP contribution in [0.4, 0.5) is 0 Å². The summed E-state index contributed by atoms with van der Waals surface area (Å²) >= 11 is 0. The first kappa shape index (κ1) is 15.1. The Morgan fingerprint density at radius 1 is 1.33 bits per heavy atom. The van der Waals surface area contributed by atoms with Gasteiger partial charge in [0.1, 0.15) is 17.7 Å². The monoisotopic (exact) mass is 288 g/mol. The van der Waals surface area contributed by atoms with Crippen LogP contribution in [0.15, 0.2) is 47.2 Å². The topological polar surface area (TPSA) is 55.6 Å². The van der Waals surface area contributed by atoms with Crippen molar-refractivity contribution < 1.29 is 14.1 Å². The molecule has 0 radical (unpaired) electrons. The lowest BCUT2D eigenvalue weighted by Crippen LogP contribution is -2.29. The largest absolute Gasteiger partial charge is 0.494 e. The summed E-state index contributed by atoms with van der Waals surface area (Å²) < 4.78 is 10.4. The van der Waals surface area contributed by atoms with Crippen molar-refractivity contribution in [2.75, 3.05) is 13.7 Å². The van der Waals surface area contributed by atoms with Gasteiger partial charge in [-0.2, -0.15) is 0 Å². The molecule has 5 heteroatoms. The molecule has 1 aromatic carbocycles. The molecule has 112 valence electrons. The molecule has 0 aliphatic rings. The van der Waals surface area contributed by atoms with Crippen molar-refractivity contribution >= 4 is 5.91 Å². The number of carbonyl (C=O) groups excluding carboxylic acids is 1. The highest BCUT2D eigenvalue weighted by Gasteiger charge is 2.18. The Morgan fingerprint density at radius 3 is 2.76 bits per heavy atom. The van der Waals surface area contributed by atoms with Gasteiger partial charge in [0.2, 0.25) is 5.91 Å². The van der Waals surface area contributed by atoms with Gasteiger partial charge < -0.3 is 14.2 Å². The van der Waals surface area contributed by atoms with Crippen molar-refractivity contribution in [1.29, 1.82) is 0 Å². The maximum Gasteiger partial charge on any atom is 0.222 e. The van der Waals surface area contributed by atoms with Gasteiger partial charge in [-0.15, -0.1) is 0 Å². The highest BCUT2D eigenvalue weighted by Crippen LogP contribution is 2.17. The second-order valence-corrected chi connectivity index (χ2v) is 4.87. The standard InChI is InChI=1S/C16H20N2O3/c1-13(15-10-12-21-17-15)18(2)16(19)9-6-11-20-14-7-4-3-5-8-14/h3-5,7-8,10,12-13H,6,9,11H2,1-2H3/t13-/m1/s1. The molecule has 0 saturated heterocycles. The molecule has 1 aromatic heterocycles. The maximum atomic E-state index is 12.1. The number of aromatic nitrogens is 1. The SMILES string of the molecule is C[C@H](c1ccon1)N(C)C(=O)CCCOc1ccccc1. The van der Waals surface area contributed by atoms with Crippen LogP contribution in [0.5, 0.6) is 5.75 Å². The summed E-state index contributed by atoms with van der Waals surface area (Å²) in [5.41, 5.74) is 0.756. The minimum Gasteiger partial charge on any atom is -0.494 e. The molecule has 0 fully saturated rings. The van der Waals surface area contributed by atoms with Gasteiger partial charge in [0.25, 0.3) is 0 Å². The third-order valence-electron chi connectivity index (χ3n) is 3.41. The number of benzene rings is 1. The van der Waals surface area contributed by atoms with Crippen molar-refractivity contribution in [2.45, 2.75) is 25.8 Å². The Hall–Kier alpha value is -2.30. The second-order valence-electron chi connectivity index (χ2n) is 4.87. The van der Waals surface area contributed by atoms with Crippen LogP contribution in [0, 0.1) is 0 Å². The van der Waals surface area contributed by atoms with Crippen LogP contribution in [0.25, 0.3) is 0 Å². The van der Waals surface area contributed by atoms with E-state index in [1.165, 1.54) is 6.26 Å². The summed E-state index contributed by atoms with van der Waals surface area (Å²) in [6.45, 7) is 2.46. The van der Waals surface area contributed by atoms with E-state index in [0.29, 0.717) is 19.4 Å². The van der Waals surface area contributed by atoms with Crippen LogP contribution >= 0.6 is 0 Å². The van der Waals surface area contributed by atoms with Gasteiger partial charge in [0.15, 0.2) is 0 Å². The molecule has 0 aliphatic heterocycles. The molecular formula is C16H20N2O3. The summed E-state index contributed by atoms with van der Waals surface area (Å²) in [7, 11) is 1.78.